The van der Waals surface area contributed by atoms with Crippen molar-refractivity contribution in [3.05, 3.63) is 29.6 Å². The van der Waals surface area contributed by atoms with Crippen LogP contribution in [0.5, 0.6) is 0 Å². The Hall–Kier alpha value is -1.38. The molecular weight excluding hydrogens is 190 g/mol. The van der Waals surface area contributed by atoms with Crippen molar-refractivity contribution < 1.29 is 9.90 Å². The van der Waals surface area contributed by atoms with Crippen molar-refractivity contribution in [1.29, 1.82) is 0 Å². The third-order valence-corrected chi connectivity index (χ3v) is 3.23. The van der Waals surface area contributed by atoms with Gasteiger partial charge < -0.3 is 5.11 Å². The first kappa shape index (κ1) is 10.1. The molecule has 1 aliphatic rings. The minimum atomic E-state index is -0.731. The van der Waals surface area contributed by atoms with E-state index in [9.17, 15) is 4.79 Å². The minimum absolute atomic E-state index is 0.0902. The number of fused-ring (bicyclic) bond motifs is 1. The SMILES string of the molecule is CC1CCc2cccnc2C1CC(=O)O. The Labute approximate surface area is 89.2 Å². The zero-order valence-electron chi connectivity index (χ0n) is 8.81. The maximum Gasteiger partial charge on any atom is 0.304 e. The van der Waals surface area contributed by atoms with Crippen LogP contribution in [0.25, 0.3) is 0 Å². The van der Waals surface area contributed by atoms with E-state index in [0.29, 0.717) is 5.92 Å². The van der Waals surface area contributed by atoms with Crippen molar-refractivity contribution in [1.82, 2.24) is 4.98 Å². The fourth-order valence-electron chi connectivity index (χ4n) is 2.34. The van der Waals surface area contributed by atoms with E-state index in [2.05, 4.69) is 18.0 Å². The molecule has 0 spiro atoms. The summed E-state index contributed by atoms with van der Waals surface area (Å²) in [6.45, 7) is 2.12. The highest BCUT2D eigenvalue weighted by atomic mass is 16.4. The third kappa shape index (κ3) is 2.01. The largest absolute Gasteiger partial charge is 0.481 e. The lowest BCUT2D eigenvalue weighted by atomic mass is 9.77. The van der Waals surface area contributed by atoms with E-state index in [4.69, 9.17) is 5.11 Å². The van der Waals surface area contributed by atoms with Gasteiger partial charge in [-0.25, -0.2) is 0 Å². The van der Waals surface area contributed by atoms with E-state index in [-0.39, 0.29) is 12.3 Å². The van der Waals surface area contributed by atoms with Gasteiger partial charge in [-0.15, -0.1) is 0 Å². The maximum atomic E-state index is 10.8. The summed E-state index contributed by atoms with van der Waals surface area (Å²) < 4.78 is 0. The molecule has 1 aliphatic carbocycles. The summed E-state index contributed by atoms with van der Waals surface area (Å²) in [7, 11) is 0. The predicted octanol–water partition coefficient (Wildman–Crippen LogP) is 2.22. The number of hydrogen-bond acceptors (Lipinski definition) is 2. The second kappa shape index (κ2) is 4.01. The summed E-state index contributed by atoms with van der Waals surface area (Å²) >= 11 is 0. The first-order valence-electron chi connectivity index (χ1n) is 5.34. The van der Waals surface area contributed by atoms with Crippen LogP contribution in [0.1, 0.15) is 36.9 Å². The number of aromatic nitrogens is 1. The van der Waals surface area contributed by atoms with Crippen LogP contribution in [0.15, 0.2) is 18.3 Å². The van der Waals surface area contributed by atoms with Crippen LogP contribution in [-0.4, -0.2) is 16.1 Å². The van der Waals surface area contributed by atoms with Crippen LogP contribution in [-0.2, 0) is 11.2 Å². The van der Waals surface area contributed by atoms with Crippen molar-refractivity contribution in [2.24, 2.45) is 5.92 Å². The third-order valence-electron chi connectivity index (χ3n) is 3.23. The van der Waals surface area contributed by atoms with Gasteiger partial charge in [0.25, 0.3) is 0 Å². The second-order valence-electron chi connectivity index (χ2n) is 4.27. The number of carbonyl (C=O) groups is 1. The second-order valence-corrected chi connectivity index (χ2v) is 4.27. The Morgan fingerprint density at radius 3 is 3.20 bits per heavy atom. The molecule has 0 bridgehead atoms. The van der Waals surface area contributed by atoms with Gasteiger partial charge in [0.2, 0.25) is 0 Å². The summed E-state index contributed by atoms with van der Waals surface area (Å²) in [5.74, 6) is -0.221. The number of aliphatic carboxylic acids is 1. The van der Waals surface area contributed by atoms with Crippen LogP contribution in [0, 0.1) is 5.92 Å². The summed E-state index contributed by atoms with van der Waals surface area (Å²) in [6, 6.07) is 3.98. The van der Waals surface area contributed by atoms with Gasteiger partial charge in [-0.05, 0) is 30.4 Å². The van der Waals surface area contributed by atoms with E-state index in [0.717, 1.165) is 18.5 Å². The minimum Gasteiger partial charge on any atom is -0.481 e. The predicted molar refractivity (Wildman–Crippen MR) is 56.7 cm³/mol. The molecule has 2 unspecified atom stereocenters. The quantitative estimate of drug-likeness (QED) is 0.805. The summed E-state index contributed by atoms with van der Waals surface area (Å²) in [5, 5.41) is 8.88. The molecule has 1 aromatic heterocycles. The average Bonchev–Trinajstić information content (AvgIpc) is 2.22. The van der Waals surface area contributed by atoms with Gasteiger partial charge >= 0.3 is 5.97 Å². The van der Waals surface area contributed by atoms with Gasteiger partial charge in [0, 0.05) is 17.8 Å². The lowest BCUT2D eigenvalue weighted by Gasteiger charge is -2.29. The molecule has 0 aromatic carbocycles. The van der Waals surface area contributed by atoms with Gasteiger partial charge in [0.1, 0.15) is 0 Å². The van der Waals surface area contributed by atoms with E-state index in [1.54, 1.807) is 6.20 Å². The van der Waals surface area contributed by atoms with Crippen LogP contribution in [0.3, 0.4) is 0 Å². The van der Waals surface area contributed by atoms with Gasteiger partial charge in [-0.3, -0.25) is 9.78 Å². The lowest BCUT2D eigenvalue weighted by Crippen LogP contribution is -2.22. The van der Waals surface area contributed by atoms with Gasteiger partial charge in [-0.2, -0.15) is 0 Å². The molecule has 2 rings (SSSR count). The fourth-order valence-corrected chi connectivity index (χ4v) is 2.34. The number of carboxylic acids is 1. The molecule has 3 nitrogen and oxygen atoms in total. The van der Waals surface area contributed by atoms with Crippen molar-refractivity contribution in [2.75, 3.05) is 0 Å². The number of carboxylic acid groups (broad SMARTS) is 1. The molecule has 0 fully saturated rings. The molecule has 80 valence electrons. The highest BCUT2D eigenvalue weighted by Gasteiger charge is 2.29. The Morgan fingerprint density at radius 2 is 2.47 bits per heavy atom. The number of rotatable bonds is 2. The molecular formula is C12H15NO2. The standard InChI is InChI=1S/C12H15NO2/c1-8-4-5-9-3-2-6-13-12(9)10(8)7-11(14)15/h2-3,6,8,10H,4-5,7H2,1H3,(H,14,15). The zero-order chi connectivity index (χ0) is 10.8. The van der Waals surface area contributed by atoms with Gasteiger partial charge in [0.05, 0.1) is 6.42 Å². The molecule has 1 N–H and O–H groups in total. The molecule has 15 heavy (non-hydrogen) atoms. The molecule has 0 aliphatic heterocycles. The molecule has 2 atom stereocenters. The first-order chi connectivity index (χ1) is 7.18. The van der Waals surface area contributed by atoms with Crippen LogP contribution in [0.2, 0.25) is 0 Å². The highest BCUT2D eigenvalue weighted by Crippen LogP contribution is 2.36. The number of nitrogens with zero attached hydrogens (tertiary/aromatic N) is 1. The first-order valence-corrected chi connectivity index (χ1v) is 5.34. The van der Waals surface area contributed by atoms with Crippen molar-refractivity contribution >= 4 is 5.97 Å². The van der Waals surface area contributed by atoms with Gasteiger partial charge in [0.15, 0.2) is 0 Å². The van der Waals surface area contributed by atoms with Crippen LogP contribution < -0.4 is 0 Å². The summed E-state index contributed by atoms with van der Waals surface area (Å²) in [5.41, 5.74) is 2.22. The summed E-state index contributed by atoms with van der Waals surface area (Å²) in [6.07, 6.45) is 4.05. The normalized spacial score (nSPS) is 24.6. The Kier molecular flexibility index (Phi) is 2.71. The molecule has 0 saturated heterocycles. The smallest absolute Gasteiger partial charge is 0.304 e. The molecule has 0 radical (unpaired) electrons. The van der Waals surface area contributed by atoms with E-state index >= 15 is 0 Å². The topological polar surface area (TPSA) is 50.2 Å². The number of aryl methyl sites for hydroxylation is 1. The van der Waals surface area contributed by atoms with Crippen molar-refractivity contribution in [3.63, 3.8) is 0 Å². The van der Waals surface area contributed by atoms with E-state index < -0.39 is 5.97 Å². The zero-order valence-corrected chi connectivity index (χ0v) is 8.81. The fraction of sp³-hybridized carbons (Fsp3) is 0.500. The average molecular weight is 205 g/mol. The van der Waals surface area contributed by atoms with Crippen LogP contribution in [0.4, 0.5) is 0 Å². The number of pyridine rings is 1. The van der Waals surface area contributed by atoms with Crippen molar-refractivity contribution in [2.45, 2.75) is 32.1 Å². The Morgan fingerprint density at radius 1 is 1.67 bits per heavy atom. The van der Waals surface area contributed by atoms with E-state index in [1.165, 1.54) is 5.56 Å². The van der Waals surface area contributed by atoms with Crippen LogP contribution >= 0.6 is 0 Å². The highest BCUT2D eigenvalue weighted by molar-refractivity contribution is 5.68. The molecule has 0 amide bonds. The number of hydrogen-bond donors (Lipinski definition) is 1. The molecule has 0 saturated carbocycles. The monoisotopic (exact) mass is 205 g/mol. The molecule has 3 heteroatoms. The maximum absolute atomic E-state index is 10.8. The molecule has 1 aromatic rings. The molecule has 1 heterocycles. The Bertz CT molecular complexity index is 376. The van der Waals surface area contributed by atoms with E-state index in [1.807, 2.05) is 6.07 Å². The summed E-state index contributed by atoms with van der Waals surface area (Å²) in [4.78, 5) is 15.1. The lowest BCUT2D eigenvalue weighted by molar-refractivity contribution is -0.137. The van der Waals surface area contributed by atoms with Crippen molar-refractivity contribution in [3.8, 4) is 0 Å². The Balaban J connectivity index is 2.32. The van der Waals surface area contributed by atoms with Gasteiger partial charge in [-0.1, -0.05) is 13.0 Å².